The Morgan fingerprint density at radius 2 is 1.81 bits per heavy atom. The predicted molar refractivity (Wildman–Crippen MR) is 138 cm³/mol. The number of hydrogen-bond acceptors (Lipinski definition) is 6. The summed E-state index contributed by atoms with van der Waals surface area (Å²) in [5, 5.41) is 4.54. The van der Waals surface area contributed by atoms with E-state index in [0.717, 1.165) is 27.5 Å². The zero-order valence-electron chi connectivity index (χ0n) is 21.9. The molecule has 0 radical (unpaired) electrons. The fourth-order valence-corrected chi connectivity index (χ4v) is 4.60. The van der Waals surface area contributed by atoms with Gasteiger partial charge >= 0.3 is 12.1 Å². The summed E-state index contributed by atoms with van der Waals surface area (Å²) < 4.78 is 12.6. The zero-order valence-corrected chi connectivity index (χ0v) is 21.9. The number of hydrogen-bond donors (Lipinski definition) is 0. The van der Waals surface area contributed by atoms with E-state index < -0.39 is 35.5 Å². The van der Waals surface area contributed by atoms with E-state index in [4.69, 9.17) is 9.47 Å². The van der Waals surface area contributed by atoms with E-state index in [1.165, 1.54) is 0 Å². The van der Waals surface area contributed by atoms with Crippen molar-refractivity contribution in [1.82, 2.24) is 14.7 Å². The molecule has 0 spiro atoms. The van der Waals surface area contributed by atoms with Crippen LogP contribution < -0.4 is 0 Å². The number of aromatic nitrogens is 2. The summed E-state index contributed by atoms with van der Waals surface area (Å²) in [6, 6.07) is 18.4. The van der Waals surface area contributed by atoms with Gasteiger partial charge in [0.25, 0.3) is 0 Å². The van der Waals surface area contributed by atoms with Crippen LogP contribution in [0, 0.1) is 13.8 Å². The van der Waals surface area contributed by atoms with Crippen molar-refractivity contribution in [3.05, 3.63) is 83.2 Å². The van der Waals surface area contributed by atoms with Gasteiger partial charge in [0.15, 0.2) is 0 Å². The first kappa shape index (κ1) is 26.1. The molecule has 1 saturated heterocycles. The van der Waals surface area contributed by atoms with Crippen LogP contribution in [0.1, 0.15) is 55.6 Å². The van der Waals surface area contributed by atoms with Crippen molar-refractivity contribution in [1.29, 1.82) is 0 Å². The van der Waals surface area contributed by atoms with Crippen LogP contribution in [0.15, 0.2) is 60.7 Å². The van der Waals surface area contributed by atoms with Gasteiger partial charge in [-0.1, -0.05) is 42.5 Å². The number of esters is 1. The van der Waals surface area contributed by atoms with E-state index in [2.05, 4.69) is 5.10 Å². The van der Waals surface area contributed by atoms with Crippen LogP contribution in [0.25, 0.3) is 5.69 Å². The number of benzene rings is 2. The fraction of sp³-hybridized carbons (Fsp3) is 0.379. The van der Waals surface area contributed by atoms with E-state index in [9.17, 15) is 14.4 Å². The molecular weight excluding hydrogens is 470 g/mol. The minimum absolute atomic E-state index is 0.102. The number of cyclic esters (lactones) is 1. The Morgan fingerprint density at radius 1 is 1.08 bits per heavy atom. The standard InChI is InChI=1S/C29H33N3O5/c1-19-14-20(2)32(30-19)23-13-9-12-22(16-23)25(17-26(33)37-29(3,4)5)27(34)31-24(18-36-28(31)35)15-21-10-7-6-8-11-21/h6-14,16,24-25H,15,17-18H2,1-5H3/t24-,25?/m0/s1. The Hall–Kier alpha value is -3.94. The topological polar surface area (TPSA) is 90.7 Å². The number of aryl methyl sites for hydroxylation is 2. The summed E-state index contributed by atoms with van der Waals surface area (Å²) >= 11 is 0. The van der Waals surface area contributed by atoms with Crippen molar-refractivity contribution in [2.45, 2.75) is 65.0 Å². The van der Waals surface area contributed by atoms with Gasteiger partial charge in [0.2, 0.25) is 5.91 Å². The molecule has 1 fully saturated rings. The lowest BCUT2D eigenvalue weighted by molar-refractivity contribution is -0.157. The smallest absolute Gasteiger partial charge is 0.417 e. The fourth-order valence-electron chi connectivity index (χ4n) is 4.60. The largest absolute Gasteiger partial charge is 0.460 e. The Balaban J connectivity index is 1.69. The van der Waals surface area contributed by atoms with Gasteiger partial charge in [-0.3, -0.25) is 9.59 Å². The molecule has 1 aliphatic rings. The van der Waals surface area contributed by atoms with Crippen molar-refractivity contribution < 1.29 is 23.9 Å². The van der Waals surface area contributed by atoms with Crippen LogP contribution in [0.4, 0.5) is 4.79 Å². The minimum Gasteiger partial charge on any atom is -0.460 e. The van der Waals surface area contributed by atoms with Gasteiger partial charge in [-0.15, -0.1) is 0 Å². The summed E-state index contributed by atoms with van der Waals surface area (Å²) in [5.74, 6) is -1.94. The molecule has 1 unspecified atom stereocenters. The Morgan fingerprint density at radius 3 is 2.46 bits per heavy atom. The van der Waals surface area contributed by atoms with Gasteiger partial charge in [-0.05, 0) is 70.4 Å². The highest BCUT2D eigenvalue weighted by Gasteiger charge is 2.42. The van der Waals surface area contributed by atoms with Crippen molar-refractivity contribution in [3.63, 3.8) is 0 Å². The molecule has 2 amide bonds. The molecule has 1 aliphatic heterocycles. The summed E-state index contributed by atoms with van der Waals surface area (Å²) in [6.07, 6.45) is -0.447. The third-order valence-corrected chi connectivity index (χ3v) is 6.13. The van der Waals surface area contributed by atoms with Crippen LogP contribution in [0.5, 0.6) is 0 Å². The van der Waals surface area contributed by atoms with Crippen molar-refractivity contribution in [2.75, 3.05) is 6.61 Å². The van der Waals surface area contributed by atoms with Gasteiger partial charge in [-0.25, -0.2) is 14.4 Å². The number of nitrogens with zero attached hydrogens (tertiary/aromatic N) is 3. The lowest BCUT2D eigenvalue weighted by Crippen LogP contribution is -2.43. The molecule has 0 bridgehead atoms. The monoisotopic (exact) mass is 503 g/mol. The normalized spacial score (nSPS) is 16.4. The minimum atomic E-state index is -0.935. The summed E-state index contributed by atoms with van der Waals surface area (Å²) in [4.78, 5) is 40.8. The Bertz CT molecular complexity index is 1290. The lowest BCUT2D eigenvalue weighted by atomic mass is 9.92. The second-order valence-electron chi connectivity index (χ2n) is 10.4. The maximum absolute atomic E-state index is 14.0. The molecule has 2 heterocycles. The molecule has 0 N–H and O–H groups in total. The van der Waals surface area contributed by atoms with Crippen LogP contribution in [0.3, 0.4) is 0 Å². The molecule has 37 heavy (non-hydrogen) atoms. The second kappa shape index (κ2) is 10.6. The van der Waals surface area contributed by atoms with Crippen molar-refractivity contribution in [3.8, 4) is 5.69 Å². The second-order valence-corrected chi connectivity index (χ2v) is 10.4. The molecule has 8 nitrogen and oxygen atoms in total. The lowest BCUT2D eigenvalue weighted by Gasteiger charge is -2.26. The third-order valence-electron chi connectivity index (χ3n) is 6.13. The van der Waals surface area contributed by atoms with Crippen LogP contribution >= 0.6 is 0 Å². The molecule has 1 aromatic heterocycles. The SMILES string of the molecule is Cc1cc(C)n(-c2cccc(C(CC(=O)OC(C)(C)C)C(=O)N3C(=O)OC[C@@H]3Cc3ccccc3)c2)n1. The van der Waals surface area contributed by atoms with Crippen LogP contribution in [0.2, 0.25) is 0 Å². The summed E-state index contributed by atoms with van der Waals surface area (Å²) in [6.45, 7) is 9.29. The average molecular weight is 504 g/mol. The maximum atomic E-state index is 14.0. The number of rotatable bonds is 7. The number of amides is 2. The first-order valence-corrected chi connectivity index (χ1v) is 12.4. The van der Waals surface area contributed by atoms with Crippen LogP contribution in [-0.2, 0) is 25.5 Å². The molecular formula is C29H33N3O5. The van der Waals surface area contributed by atoms with Crippen LogP contribution in [-0.4, -0.2) is 50.9 Å². The quantitative estimate of drug-likeness (QED) is 0.426. The van der Waals surface area contributed by atoms with E-state index >= 15 is 0 Å². The highest BCUT2D eigenvalue weighted by molar-refractivity contribution is 5.99. The summed E-state index contributed by atoms with van der Waals surface area (Å²) in [5.41, 5.74) is 3.44. The molecule has 4 rings (SSSR count). The maximum Gasteiger partial charge on any atom is 0.417 e. The van der Waals surface area contributed by atoms with E-state index in [-0.39, 0.29) is 13.0 Å². The molecule has 3 aromatic rings. The first-order valence-electron chi connectivity index (χ1n) is 12.4. The van der Waals surface area contributed by atoms with Gasteiger partial charge < -0.3 is 9.47 Å². The van der Waals surface area contributed by atoms with Crippen molar-refractivity contribution >= 4 is 18.0 Å². The number of ether oxygens (including phenoxy) is 2. The number of carbonyl (C=O) groups excluding carboxylic acids is 3. The molecule has 8 heteroatoms. The highest BCUT2D eigenvalue weighted by Crippen LogP contribution is 2.30. The molecule has 194 valence electrons. The van der Waals surface area contributed by atoms with Gasteiger partial charge in [0, 0.05) is 5.69 Å². The number of imide groups is 1. The Kier molecular flexibility index (Phi) is 7.47. The van der Waals surface area contributed by atoms with E-state index in [0.29, 0.717) is 12.0 Å². The highest BCUT2D eigenvalue weighted by atomic mass is 16.6. The number of carbonyl (C=O) groups is 3. The van der Waals surface area contributed by atoms with E-state index in [1.54, 1.807) is 31.5 Å². The third kappa shape index (κ3) is 6.25. The predicted octanol–water partition coefficient (Wildman–Crippen LogP) is 4.89. The molecule has 0 aliphatic carbocycles. The zero-order chi connectivity index (χ0) is 26.7. The first-order chi connectivity index (χ1) is 17.5. The van der Waals surface area contributed by atoms with Crippen molar-refractivity contribution in [2.24, 2.45) is 0 Å². The molecule has 0 saturated carbocycles. The molecule has 2 aromatic carbocycles. The average Bonchev–Trinajstić information content (AvgIpc) is 3.37. The Labute approximate surface area is 217 Å². The summed E-state index contributed by atoms with van der Waals surface area (Å²) in [7, 11) is 0. The molecule has 2 atom stereocenters. The van der Waals surface area contributed by atoms with Gasteiger partial charge in [0.1, 0.15) is 12.2 Å². The van der Waals surface area contributed by atoms with Gasteiger partial charge in [-0.2, -0.15) is 5.10 Å². The van der Waals surface area contributed by atoms with Gasteiger partial charge in [0.05, 0.1) is 29.8 Å². The van der Waals surface area contributed by atoms with E-state index in [1.807, 2.05) is 68.4 Å².